The molecule has 1 fully saturated rings. The minimum atomic E-state index is -3.58. The van der Waals surface area contributed by atoms with Crippen LogP contribution in [0.4, 0.5) is 0 Å². The first-order chi connectivity index (χ1) is 9.56. The maximum absolute atomic E-state index is 12.9. The number of sulfone groups is 1. The number of ketones is 1. The Morgan fingerprint density at radius 3 is 2.45 bits per heavy atom. The molecular formula is C16H18O3S. The maximum atomic E-state index is 12.9. The summed E-state index contributed by atoms with van der Waals surface area (Å²) >= 11 is 0. The van der Waals surface area contributed by atoms with Gasteiger partial charge in [0.1, 0.15) is 5.25 Å². The fourth-order valence-electron chi connectivity index (χ4n) is 3.60. The van der Waals surface area contributed by atoms with Crippen molar-refractivity contribution in [2.75, 3.05) is 0 Å². The minimum Gasteiger partial charge on any atom is -0.298 e. The number of Topliss-reactive ketones (excluding diaryl/α,β-unsaturated/α-hetero) is 1. The number of hydrogen-bond acceptors (Lipinski definition) is 3. The molecule has 106 valence electrons. The number of allylic oxidation sites excluding steroid dienone is 2. The summed E-state index contributed by atoms with van der Waals surface area (Å²) < 4.78 is 25.7. The zero-order chi connectivity index (χ0) is 14.2. The van der Waals surface area contributed by atoms with Crippen molar-refractivity contribution in [2.45, 2.75) is 42.2 Å². The molecule has 0 bridgehead atoms. The van der Waals surface area contributed by atoms with Gasteiger partial charge in [-0.3, -0.25) is 4.79 Å². The molecule has 1 aromatic carbocycles. The summed E-state index contributed by atoms with van der Waals surface area (Å²) in [6.45, 7) is 0. The Kier molecular flexibility index (Phi) is 3.28. The average molecular weight is 290 g/mol. The van der Waals surface area contributed by atoms with Crippen LogP contribution in [0.1, 0.15) is 32.1 Å². The maximum Gasteiger partial charge on any atom is 0.188 e. The molecule has 1 aromatic rings. The van der Waals surface area contributed by atoms with Gasteiger partial charge in [0.25, 0.3) is 0 Å². The molecule has 4 heteroatoms. The van der Waals surface area contributed by atoms with Crippen LogP contribution in [0.2, 0.25) is 0 Å². The van der Waals surface area contributed by atoms with Crippen molar-refractivity contribution in [3.8, 4) is 0 Å². The van der Waals surface area contributed by atoms with Crippen LogP contribution in [0, 0.1) is 5.41 Å². The summed E-state index contributed by atoms with van der Waals surface area (Å²) in [6.07, 6.45) is 7.59. The zero-order valence-electron chi connectivity index (χ0n) is 11.3. The predicted molar refractivity (Wildman–Crippen MR) is 77.1 cm³/mol. The van der Waals surface area contributed by atoms with Crippen LogP contribution in [0.5, 0.6) is 0 Å². The quantitative estimate of drug-likeness (QED) is 0.787. The third-order valence-electron chi connectivity index (χ3n) is 4.60. The fraction of sp³-hybridized carbons (Fsp3) is 0.438. The highest BCUT2D eigenvalue weighted by atomic mass is 32.2. The van der Waals surface area contributed by atoms with Crippen LogP contribution in [0.3, 0.4) is 0 Å². The molecule has 0 heterocycles. The standard InChI is InChI=1S/C16H18O3S/c17-14-9-12-16(10-5-2-6-11-16)15(14)20(18,19)13-7-3-1-4-8-13/h1-5,7-8,15H,6,9-12H2. The first-order valence-corrected chi connectivity index (χ1v) is 8.58. The van der Waals surface area contributed by atoms with Crippen molar-refractivity contribution in [2.24, 2.45) is 5.41 Å². The zero-order valence-corrected chi connectivity index (χ0v) is 12.1. The van der Waals surface area contributed by atoms with E-state index in [4.69, 9.17) is 0 Å². The van der Waals surface area contributed by atoms with Crippen LogP contribution < -0.4 is 0 Å². The Morgan fingerprint density at radius 2 is 1.80 bits per heavy atom. The molecule has 0 N–H and O–H groups in total. The van der Waals surface area contributed by atoms with Gasteiger partial charge >= 0.3 is 0 Å². The highest BCUT2D eigenvalue weighted by Gasteiger charge is 2.54. The first kappa shape index (κ1) is 13.6. The highest BCUT2D eigenvalue weighted by molar-refractivity contribution is 7.92. The van der Waals surface area contributed by atoms with Crippen molar-refractivity contribution in [3.05, 3.63) is 42.5 Å². The van der Waals surface area contributed by atoms with Gasteiger partial charge in [0, 0.05) is 6.42 Å². The van der Waals surface area contributed by atoms with Gasteiger partial charge in [-0.2, -0.15) is 0 Å². The van der Waals surface area contributed by atoms with E-state index in [2.05, 4.69) is 6.08 Å². The summed E-state index contributed by atoms with van der Waals surface area (Å²) in [6, 6.07) is 8.38. The average Bonchev–Trinajstić information content (AvgIpc) is 2.78. The molecule has 0 aliphatic heterocycles. The lowest BCUT2D eigenvalue weighted by Crippen LogP contribution is -2.41. The lowest BCUT2D eigenvalue weighted by molar-refractivity contribution is -0.117. The normalized spacial score (nSPS) is 30.0. The summed E-state index contributed by atoms with van der Waals surface area (Å²) in [5.41, 5.74) is -0.374. The summed E-state index contributed by atoms with van der Waals surface area (Å²) in [5.74, 6) is -0.107. The number of carbonyl (C=O) groups excluding carboxylic acids is 1. The third kappa shape index (κ3) is 2.03. The van der Waals surface area contributed by atoms with E-state index in [1.54, 1.807) is 30.3 Å². The molecule has 20 heavy (non-hydrogen) atoms. The number of hydrogen-bond donors (Lipinski definition) is 0. The van der Waals surface area contributed by atoms with Gasteiger partial charge in [0.15, 0.2) is 15.6 Å². The Hall–Kier alpha value is -1.42. The van der Waals surface area contributed by atoms with Gasteiger partial charge in [0.05, 0.1) is 4.90 Å². The van der Waals surface area contributed by atoms with Crippen molar-refractivity contribution >= 4 is 15.6 Å². The number of rotatable bonds is 2. The van der Waals surface area contributed by atoms with Crippen LogP contribution >= 0.6 is 0 Å². The molecule has 0 radical (unpaired) electrons. The number of carbonyl (C=O) groups is 1. The topological polar surface area (TPSA) is 51.2 Å². The molecule has 2 aliphatic carbocycles. The van der Waals surface area contributed by atoms with Crippen molar-refractivity contribution < 1.29 is 13.2 Å². The van der Waals surface area contributed by atoms with Crippen LogP contribution in [0.15, 0.2) is 47.4 Å². The van der Waals surface area contributed by atoms with Gasteiger partial charge in [0.2, 0.25) is 0 Å². The largest absolute Gasteiger partial charge is 0.298 e. The Labute approximate surface area is 119 Å². The van der Waals surface area contributed by atoms with E-state index in [0.717, 1.165) is 12.8 Å². The van der Waals surface area contributed by atoms with E-state index in [1.807, 2.05) is 6.08 Å². The predicted octanol–water partition coefficient (Wildman–Crippen LogP) is 2.92. The summed E-state index contributed by atoms with van der Waals surface area (Å²) in [7, 11) is -3.58. The Morgan fingerprint density at radius 1 is 1.05 bits per heavy atom. The molecule has 3 nitrogen and oxygen atoms in total. The lowest BCUT2D eigenvalue weighted by Gasteiger charge is -2.35. The van der Waals surface area contributed by atoms with Crippen molar-refractivity contribution in [1.82, 2.24) is 0 Å². The minimum absolute atomic E-state index is 0.107. The Bertz CT molecular complexity index is 642. The molecule has 0 amide bonds. The van der Waals surface area contributed by atoms with Crippen LogP contribution in [0.25, 0.3) is 0 Å². The molecule has 0 saturated heterocycles. The van der Waals surface area contributed by atoms with Crippen molar-refractivity contribution in [3.63, 3.8) is 0 Å². The molecular weight excluding hydrogens is 272 g/mol. The molecule has 0 aromatic heterocycles. The second kappa shape index (κ2) is 4.85. The van der Waals surface area contributed by atoms with E-state index in [9.17, 15) is 13.2 Å². The second-order valence-corrected chi connectivity index (χ2v) is 7.81. The van der Waals surface area contributed by atoms with E-state index < -0.39 is 15.1 Å². The monoisotopic (exact) mass is 290 g/mol. The van der Waals surface area contributed by atoms with E-state index in [1.165, 1.54) is 0 Å². The molecule has 2 unspecified atom stereocenters. The molecule has 1 saturated carbocycles. The first-order valence-electron chi connectivity index (χ1n) is 7.03. The van der Waals surface area contributed by atoms with Crippen LogP contribution in [-0.2, 0) is 14.6 Å². The SMILES string of the molecule is O=C1CCC2(CC=CCC2)C1S(=O)(=O)c1ccccc1. The molecule has 3 rings (SSSR count). The number of benzene rings is 1. The summed E-state index contributed by atoms with van der Waals surface area (Å²) in [4.78, 5) is 12.5. The highest BCUT2D eigenvalue weighted by Crippen LogP contribution is 2.49. The van der Waals surface area contributed by atoms with E-state index in [-0.39, 0.29) is 16.1 Å². The summed E-state index contributed by atoms with van der Waals surface area (Å²) in [5, 5.41) is -0.859. The molecule has 1 spiro atoms. The van der Waals surface area contributed by atoms with Gasteiger partial charge in [-0.15, -0.1) is 0 Å². The third-order valence-corrected chi connectivity index (χ3v) is 6.91. The van der Waals surface area contributed by atoms with E-state index in [0.29, 0.717) is 19.3 Å². The van der Waals surface area contributed by atoms with Gasteiger partial charge < -0.3 is 0 Å². The van der Waals surface area contributed by atoms with Crippen LogP contribution in [-0.4, -0.2) is 19.5 Å². The second-order valence-electron chi connectivity index (χ2n) is 5.78. The van der Waals surface area contributed by atoms with Gasteiger partial charge in [-0.05, 0) is 43.2 Å². The molecule has 2 atom stereocenters. The smallest absolute Gasteiger partial charge is 0.188 e. The fourth-order valence-corrected chi connectivity index (χ4v) is 5.86. The van der Waals surface area contributed by atoms with E-state index >= 15 is 0 Å². The lowest BCUT2D eigenvalue weighted by atomic mass is 9.75. The Balaban J connectivity index is 2.07. The van der Waals surface area contributed by atoms with Crippen molar-refractivity contribution in [1.29, 1.82) is 0 Å². The van der Waals surface area contributed by atoms with Gasteiger partial charge in [-0.25, -0.2) is 8.42 Å². The van der Waals surface area contributed by atoms with Gasteiger partial charge in [-0.1, -0.05) is 30.4 Å². The molecule has 2 aliphatic rings.